The highest BCUT2D eigenvalue weighted by molar-refractivity contribution is 7.21. The zero-order chi connectivity index (χ0) is 23.1. The van der Waals surface area contributed by atoms with Crippen LogP contribution in [0.3, 0.4) is 0 Å². The van der Waals surface area contributed by atoms with Crippen LogP contribution < -0.4 is 10.1 Å². The molecule has 1 N–H and O–H groups in total. The SMILES string of the molecule is CC(=O)c1c(C(=O)N[C@H]2CCOc3ccccc32)sc2c(-c3cc(F)cc(F)c3)ccnc12. The molecule has 0 saturated carbocycles. The van der Waals surface area contributed by atoms with Gasteiger partial charge in [0.25, 0.3) is 5.91 Å². The van der Waals surface area contributed by atoms with Gasteiger partial charge in [0.2, 0.25) is 0 Å². The predicted molar refractivity (Wildman–Crippen MR) is 122 cm³/mol. The molecule has 166 valence electrons. The number of para-hydroxylation sites is 1. The lowest BCUT2D eigenvalue weighted by Gasteiger charge is -2.26. The number of ketones is 1. The van der Waals surface area contributed by atoms with Gasteiger partial charge in [-0.1, -0.05) is 18.2 Å². The van der Waals surface area contributed by atoms with Gasteiger partial charge >= 0.3 is 0 Å². The average molecular weight is 464 g/mol. The molecular formula is C25H18F2N2O3S. The molecule has 4 aromatic rings. The van der Waals surface area contributed by atoms with Crippen LogP contribution >= 0.6 is 11.3 Å². The summed E-state index contributed by atoms with van der Waals surface area (Å²) in [5.41, 5.74) is 2.22. The molecule has 8 heteroatoms. The van der Waals surface area contributed by atoms with E-state index in [-0.39, 0.29) is 22.3 Å². The van der Waals surface area contributed by atoms with Crippen molar-refractivity contribution in [2.24, 2.45) is 0 Å². The molecule has 1 aliphatic rings. The highest BCUT2D eigenvalue weighted by Gasteiger charge is 2.28. The van der Waals surface area contributed by atoms with Gasteiger partial charge in [-0.25, -0.2) is 8.78 Å². The maximum Gasteiger partial charge on any atom is 0.262 e. The summed E-state index contributed by atoms with van der Waals surface area (Å²) in [6, 6.07) is 12.1. The number of benzene rings is 2. The number of aromatic nitrogens is 1. The fraction of sp³-hybridized carbons (Fsp3) is 0.160. The molecule has 1 aliphatic heterocycles. The molecule has 5 nitrogen and oxygen atoms in total. The molecule has 0 unspecified atom stereocenters. The molecule has 3 heterocycles. The second kappa shape index (κ2) is 8.37. The summed E-state index contributed by atoms with van der Waals surface area (Å²) < 4.78 is 33.9. The number of pyridine rings is 1. The van der Waals surface area contributed by atoms with Gasteiger partial charge in [-0.2, -0.15) is 0 Å². The van der Waals surface area contributed by atoms with Crippen LogP contribution in [0.1, 0.15) is 45.0 Å². The summed E-state index contributed by atoms with van der Waals surface area (Å²) >= 11 is 1.09. The van der Waals surface area contributed by atoms with Crippen LogP contribution in [-0.4, -0.2) is 23.3 Å². The molecule has 5 rings (SSSR count). The lowest BCUT2D eigenvalue weighted by molar-refractivity contribution is 0.0918. The van der Waals surface area contributed by atoms with E-state index < -0.39 is 17.5 Å². The van der Waals surface area contributed by atoms with E-state index in [1.54, 1.807) is 6.07 Å². The zero-order valence-corrected chi connectivity index (χ0v) is 18.3. The van der Waals surface area contributed by atoms with E-state index in [0.717, 1.165) is 23.0 Å². The monoisotopic (exact) mass is 464 g/mol. The summed E-state index contributed by atoms with van der Waals surface area (Å²) in [6.45, 7) is 1.84. The van der Waals surface area contributed by atoms with Crippen LogP contribution in [0.25, 0.3) is 21.3 Å². The van der Waals surface area contributed by atoms with Gasteiger partial charge in [0.1, 0.15) is 22.3 Å². The minimum Gasteiger partial charge on any atom is -0.493 e. The first-order valence-corrected chi connectivity index (χ1v) is 11.2. The van der Waals surface area contributed by atoms with E-state index in [9.17, 15) is 18.4 Å². The quantitative estimate of drug-likeness (QED) is 0.394. The van der Waals surface area contributed by atoms with E-state index in [1.165, 1.54) is 25.3 Å². The Morgan fingerprint density at radius 3 is 2.64 bits per heavy atom. The van der Waals surface area contributed by atoms with Crippen molar-refractivity contribution in [1.29, 1.82) is 0 Å². The van der Waals surface area contributed by atoms with E-state index in [2.05, 4.69) is 10.3 Å². The van der Waals surface area contributed by atoms with Crippen molar-refractivity contribution < 1.29 is 23.1 Å². The summed E-state index contributed by atoms with van der Waals surface area (Å²) in [5, 5.41) is 3.02. The van der Waals surface area contributed by atoms with Crippen molar-refractivity contribution in [1.82, 2.24) is 10.3 Å². The highest BCUT2D eigenvalue weighted by Crippen LogP contribution is 2.39. The fourth-order valence-corrected chi connectivity index (χ4v) is 5.37. The molecule has 0 fully saturated rings. The number of Topliss-reactive ketones (excluding diaryl/α,β-unsaturated/α-hetero) is 1. The maximum atomic E-state index is 13.9. The van der Waals surface area contributed by atoms with Gasteiger partial charge in [0, 0.05) is 29.8 Å². The lowest BCUT2D eigenvalue weighted by Crippen LogP contribution is -2.32. The van der Waals surface area contributed by atoms with E-state index in [0.29, 0.717) is 40.1 Å². The van der Waals surface area contributed by atoms with Crippen molar-refractivity contribution in [3.05, 3.63) is 82.4 Å². The minimum atomic E-state index is -0.713. The van der Waals surface area contributed by atoms with Crippen molar-refractivity contribution in [2.75, 3.05) is 6.61 Å². The number of halogens is 2. The van der Waals surface area contributed by atoms with Crippen LogP contribution in [-0.2, 0) is 0 Å². The third-order valence-corrected chi connectivity index (χ3v) is 6.78. The van der Waals surface area contributed by atoms with Crippen molar-refractivity contribution >= 4 is 33.2 Å². The third kappa shape index (κ3) is 3.87. The zero-order valence-electron chi connectivity index (χ0n) is 17.5. The minimum absolute atomic E-state index is 0.201. The topological polar surface area (TPSA) is 68.3 Å². The molecule has 0 aliphatic carbocycles. The Morgan fingerprint density at radius 1 is 1.12 bits per heavy atom. The summed E-state index contributed by atoms with van der Waals surface area (Å²) in [4.78, 5) is 30.4. The van der Waals surface area contributed by atoms with Gasteiger partial charge < -0.3 is 10.1 Å². The van der Waals surface area contributed by atoms with Crippen molar-refractivity contribution in [3.8, 4) is 16.9 Å². The molecular weight excluding hydrogens is 446 g/mol. The number of fused-ring (bicyclic) bond motifs is 2. The Hall–Kier alpha value is -3.65. The first kappa shape index (κ1) is 21.2. The van der Waals surface area contributed by atoms with Gasteiger partial charge in [0.05, 0.1) is 28.4 Å². The molecule has 2 aromatic carbocycles. The lowest BCUT2D eigenvalue weighted by atomic mass is 10.00. The smallest absolute Gasteiger partial charge is 0.262 e. The first-order chi connectivity index (χ1) is 15.9. The summed E-state index contributed by atoms with van der Waals surface area (Å²) in [7, 11) is 0. The molecule has 33 heavy (non-hydrogen) atoms. The number of carbonyl (C=O) groups excluding carboxylic acids is 2. The van der Waals surface area contributed by atoms with Gasteiger partial charge in [0.15, 0.2) is 5.78 Å². The van der Waals surface area contributed by atoms with Crippen LogP contribution in [0, 0.1) is 11.6 Å². The van der Waals surface area contributed by atoms with Crippen LogP contribution in [0.2, 0.25) is 0 Å². The molecule has 0 saturated heterocycles. The van der Waals surface area contributed by atoms with E-state index in [1.807, 2.05) is 24.3 Å². The third-order valence-electron chi connectivity index (χ3n) is 5.57. The number of amides is 1. The molecule has 0 spiro atoms. The maximum absolute atomic E-state index is 13.9. The number of ether oxygens (including phenoxy) is 1. The Morgan fingerprint density at radius 2 is 1.88 bits per heavy atom. The van der Waals surface area contributed by atoms with Crippen LogP contribution in [0.15, 0.2) is 54.7 Å². The largest absolute Gasteiger partial charge is 0.493 e. The average Bonchev–Trinajstić information content (AvgIpc) is 3.19. The number of hydrogen-bond acceptors (Lipinski definition) is 5. The molecule has 2 aromatic heterocycles. The highest BCUT2D eigenvalue weighted by atomic mass is 32.1. The second-order valence-corrected chi connectivity index (χ2v) is 8.78. The summed E-state index contributed by atoms with van der Waals surface area (Å²) in [6.07, 6.45) is 2.06. The fourth-order valence-electron chi connectivity index (χ4n) is 4.13. The standard InChI is InChI=1S/C25H18F2N2O3S/c1-13(30)21-22-23(17(6-8-28-22)14-10-15(26)12-16(27)11-14)33-24(21)25(31)29-19-7-9-32-20-5-3-2-4-18(19)20/h2-6,8,10-12,19H,7,9H2,1H3,(H,29,31)/t19-/m0/s1. The number of nitrogens with one attached hydrogen (secondary N) is 1. The van der Waals surface area contributed by atoms with Gasteiger partial charge in [-0.3, -0.25) is 14.6 Å². The molecule has 0 radical (unpaired) electrons. The molecule has 0 bridgehead atoms. The van der Waals surface area contributed by atoms with Crippen LogP contribution in [0.4, 0.5) is 8.78 Å². The first-order valence-electron chi connectivity index (χ1n) is 10.3. The van der Waals surface area contributed by atoms with Crippen molar-refractivity contribution in [3.63, 3.8) is 0 Å². The Kier molecular flexibility index (Phi) is 5.38. The number of thiophene rings is 1. The molecule has 1 amide bonds. The van der Waals surface area contributed by atoms with Gasteiger partial charge in [-0.15, -0.1) is 11.3 Å². The number of rotatable bonds is 4. The van der Waals surface area contributed by atoms with Crippen LogP contribution in [0.5, 0.6) is 5.75 Å². The predicted octanol–water partition coefficient (Wildman–Crippen LogP) is 5.70. The normalized spacial score (nSPS) is 15.1. The number of nitrogens with zero attached hydrogens (tertiary/aromatic N) is 1. The van der Waals surface area contributed by atoms with Gasteiger partial charge in [-0.05, 0) is 36.8 Å². The van der Waals surface area contributed by atoms with E-state index in [4.69, 9.17) is 4.74 Å². The Balaban J connectivity index is 1.59. The Labute approximate surface area is 192 Å². The van der Waals surface area contributed by atoms with E-state index >= 15 is 0 Å². The number of carbonyl (C=O) groups is 2. The molecule has 1 atom stereocenters. The number of hydrogen-bond donors (Lipinski definition) is 1. The Bertz CT molecular complexity index is 1400. The second-order valence-electron chi connectivity index (χ2n) is 7.76. The summed E-state index contributed by atoms with van der Waals surface area (Å²) in [5.74, 6) is -1.42. The van der Waals surface area contributed by atoms with Crippen molar-refractivity contribution in [2.45, 2.75) is 19.4 Å².